The quantitative estimate of drug-likeness (QED) is 0.305. The van der Waals surface area contributed by atoms with Gasteiger partial charge >= 0.3 is 5.97 Å². The minimum absolute atomic E-state index is 0.321. The van der Waals surface area contributed by atoms with Crippen LogP contribution < -0.4 is 15.9 Å². The van der Waals surface area contributed by atoms with Gasteiger partial charge in [0.25, 0.3) is 0 Å². The molecule has 3 aromatic rings. The molecule has 2 aromatic carbocycles. The van der Waals surface area contributed by atoms with Crippen LogP contribution in [0.3, 0.4) is 0 Å². The SMILES string of the molecule is Nc1csc(NN=Cc2ccc(OC(=O)c3ccccc3Cl)cc2)n1. The predicted molar refractivity (Wildman–Crippen MR) is 101 cm³/mol. The number of hydrogen-bond acceptors (Lipinski definition) is 7. The topological polar surface area (TPSA) is 89.6 Å². The number of aromatic nitrogens is 1. The number of ether oxygens (including phenoxy) is 1. The van der Waals surface area contributed by atoms with E-state index in [-0.39, 0.29) is 0 Å². The fourth-order valence-electron chi connectivity index (χ4n) is 1.91. The van der Waals surface area contributed by atoms with Crippen molar-refractivity contribution in [3.8, 4) is 5.75 Å². The molecule has 0 amide bonds. The van der Waals surface area contributed by atoms with Gasteiger partial charge in [0.05, 0.1) is 16.8 Å². The maximum absolute atomic E-state index is 12.1. The zero-order chi connectivity index (χ0) is 17.6. The van der Waals surface area contributed by atoms with Crippen LogP contribution in [-0.2, 0) is 0 Å². The van der Waals surface area contributed by atoms with E-state index in [1.54, 1.807) is 60.1 Å². The molecule has 126 valence electrons. The van der Waals surface area contributed by atoms with Gasteiger partial charge in [-0.2, -0.15) is 5.10 Å². The van der Waals surface area contributed by atoms with Crippen molar-refractivity contribution in [2.24, 2.45) is 5.10 Å². The summed E-state index contributed by atoms with van der Waals surface area (Å²) in [5, 5.41) is 6.75. The molecule has 0 aliphatic rings. The highest BCUT2D eigenvalue weighted by atomic mass is 35.5. The van der Waals surface area contributed by atoms with Crippen LogP contribution in [0.25, 0.3) is 0 Å². The average Bonchev–Trinajstić information content (AvgIpc) is 3.02. The number of carbonyl (C=O) groups is 1. The standard InChI is InChI=1S/C17H13ClN4O2S/c18-14-4-2-1-3-13(14)16(23)24-12-7-5-11(6-8-12)9-20-22-17-21-15(19)10-25-17/h1-10H,19H2,(H,21,22). The Kier molecular flexibility index (Phi) is 5.27. The molecule has 0 saturated heterocycles. The van der Waals surface area contributed by atoms with Crippen LogP contribution in [0.4, 0.5) is 10.9 Å². The Balaban J connectivity index is 1.60. The summed E-state index contributed by atoms with van der Waals surface area (Å²) >= 11 is 7.35. The first-order valence-electron chi connectivity index (χ1n) is 7.18. The summed E-state index contributed by atoms with van der Waals surface area (Å²) in [7, 11) is 0. The van der Waals surface area contributed by atoms with Crippen molar-refractivity contribution in [1.82, 2.24) is 4.98 Å². The molecule has 0 radical (unpaired) electrons. The Bertz CT molecular complexity index is 909. The number of hydrazone groups is 1. The second kappa shape index (κ2) is 7.78. The van der Waals surface area contributed by atoms with E-state index < -0.39 is 5.97 Å². The number of thiazole rings is 1. The first-order valence-corrected chi connectivity index (χ1v) is 8.44. The summed E-state index contributed by atoms with van der Waals surface area (Å²) in [4.78, 5) is 16.1. The van der Waals surface area contributed by atoms with E-state index in [0.717, 1.165) is 5.56 Å². The van der Waals surface area contributed by atoms with Crippen molar-refractivity contribution >= 4 is 46.1 Å². The summed E-state index contributed by atoms with van der Waals surface area (Å²) in [5.41, 5.74) is 9.46. The third kappa shape index (κ3) is 4.56. The summed E-state index contributed by atoms with van der Waals surface area (Å²) in [6, 6.07) is 13.6. The highest BCUT2D eigenvalue weighted by Crippen LogP contribution is 2.19. The second-order valence-corrected chi connectivity index (χ2v) is 6.15. The van der Waals surface area contributed by atoms with Crippen LogP contribution in [0.2, 0.25) is 5.02 Å². The third-order valence-corrected chi connectivity index (χ3v) is 4.17. The highest BCUT2D eigenvalue weighted by Gasteiger charge is 2.11. The Morgan fingerprint density at radius 3 is 2.68 bits per heavy atom. The van der Waals surface area contributed by atoms with Gasteiger partial charge in [0.2, 0.25) is 5.13 Å². The van der Waals surface area contributed by atoms with Crippen molar-refractivity contribution in [1.29, 1.82) is 0 Å². The van der Waals surface area contributed by atoms with Crippen LogP contribution in [0.1, 0.15) is 15.9 Å². The van der Waals surface area contributed by atoms with Gasteiger partial charge in [-0.25, -0.2) is 9.78 Å². The van der Waals surface area contributed by atoms with E-state index in [0.29, 0.717) is 27.3 Å². The Morgan fingerprint density at radius 1 is 1.24 bits per heavy atom. The molecular formula is C17H13ClN4O2S. The molecule has 1 aromatic heterocycles. The number of anilines is 2. The molecule has 0 atom stereocenters. The van der Waals surface area contributed by atoms with E-state index in [2.05, 4.69) is 15.5 Å². The van der Waals surface area contributed by atoms with Crippen LogP contribution in [0.5, 0.6) is 5.75 Å². The molecule has 25 heavy (non-hydrogen) atoms. The van der Waals surface area contributed by atoms with E-state index >= 15 is 0 Å². The number of halogens is 1. The lowest BCUT2D eigenvalue weighted by Crippen LogP contribution is -2.08. The van der Waals surface area contributed by atoms with Gasteiger partial charge in [0.15, 0.2) is 0 Å². The zero-order valence-corrected chi connectivity index (χ0v) is 14.4. The van der Waals surface area contributed by atoms with E-state index in [1.807, 2.05) is 0 Å². The molecule has 1 heterocycles. The van der Waals surface area contributed by atoms with Gasteiger partial charge in [-0.3, -0.25) is 5.43 Å². The predicted octanol–water partition coefficient (Wildman–Crippen LogP) is 4.04. The van der Waals surface area contributed by atoms with Crippen molar-refractivity contribution in [3.63, 3.8) is 0 Å². The molecule has 0 bridgehead atoms. The van der Waals surface area contributed by atoms with Gasteiger partial charge in [0.1, 0.15) is 11.6 Å². The van der Waals surface area contributed by atoms with Crippen molar-refractivity contribution in [2.45, 2.75) is 0 Å². The smallest absolute Gasteiger partial charge is 0.345 e. The molecule has 0 aliphatic carbocycles. The molecule has 0 unspecified atom stereocenters. The molecule has 0 aliphatic heterocycles. The van der Waals surface area contributed by atoms with Crippen molar-refractivity contribution in [2.75, 3.05) is 11.2 Å². The second-order valence-electron chi connectivity index (χ2n) is 4.89. The molecule has 0 saturated carbocycles. The fourth-order valence-corrected chi connectivity index (χ4v) is 2.67. The maximum Gasteiger partial charge on any atom is 0.345 e. The van der Waals surface area contributed by atoms with Gasteiger partial charge in [-0.1, -0.05) is 23.7 Å². The Labute approximate surface area is 152 Å². The van der Waals surface area contributed by atoms with Gasteiger partial charge in [0, 0.05) is 5.38 Å². The summed E-state index contributed by atoms with van der Waals surface area (Å²) in [5.74, 6) is 0.366. The summed E-state index contributed by atoms with van der Waals surface area (Å²) in [6.45, 7) is 0. The lowest BCUT2D eigenvalue weighted by Gasteiger charge is -2.05. The normalized spacial score (nSPS) is 10.8. The van der Waals surface area contributed by atoms with Gasteiger partial charge in [-0.15, -0.1) is 11.3 Å². The molecule has 0 spiro atoms. The number of benzene rings is 2. The number of nitrogens with two attached hydrogens (primary N) is 1. The molecule has 0 fully saturated rings. The highest BCUT2D eigenvalue weighted by molar-refractivity contribution is 7.14. The summed E-state index contributed by atoms with van der Waals surface area (Å²) < 4.78 is 5.31. The first-order chi connectivity index (χ1) is 12.1. The number of nitrogens with one attached hydrogen (secondary N) is 1. The maximum atomic E-state index is 12.1. The van der Waals surface area contributed by atoms with Crippen LogP contribution in [0, 0.1) is 0 Å². The lowest BCUT2D eigenvalue weighted by molar-refractivity contribution is 0.0735. The van der Waals surface area contributed by atoms with E-state index in [1.165, 1.54) is 11.3 Å². The van der Waals surface area contributed by atoms with Crippen LogP contribution in [-0.4, -0.2) is 17.2 Å². The minimum atomic E-state index is -0.505. The van der Waals surface area contributed by atoms with E-state index in [4.69, 9.17) is 22.1 Å². The van der Waals surface area contributed by atoms with Crippen LogP contribution >= 0.6 is 22.9 Å². The van der Waals surface area contributed by atoms with Gasteiger partial charge < -0.3 is 10.5 Å². The molecular weight excluding hydrogens is 360 g/mol. The fraction of sp³-hybridized carbons (Fsp3) is 0. The summed E-state index contributed by atoms with van der Waals surface area (Å²) in [6.07, 6.45) is 1.62. The Hall–Kier alpha value is -2.90. The Morgan fingerprint density at radius 2 is 2.00 bits per heavy atom. The number of rotatable bonds is 5. The number of nitrogen functional groups attached to an aromatic ring is 1. The molecule has 3 N–H and O–H groups in total. The minimum Gasteiger partial charge on any atom is -0.423 e. The lowest BCUT2D eigenvalue weighted by atomic mass is 10.2. The van der Waals surface area contributed by atoms with Crippen molar-refractivity contribution in [3.05, 3.63) is 70.1 Å². The monoisotopic (exact) mass is 372 g/mol. The molecule has 6 nitrogen and oxygen atoms in total. The van der Waals surface area contributed by atoms with Crippen molar-refractivity contribution < 1.29 is 9.53 Å². The van der Waals surface area contributed by atoms with Gasteiger partial charge in [-0.05, 0) is 42.0 Å². The number of carbonyl (C=O) groups excluding carboxylic acids is 1. The average molecular weight is 373 g/mol. The number of nitrogens with zero attached hydrogens (tertiary/aromatic N) is 2. The molecule has 8 heteroatoms. The number of hydrogen-bond donors (Lipinski definition) is 2. The molecule has 3 rings (SSSR count). The third-order valence-electron chi connectivity index (χ3n) is 3.08. The van der Waals surface area contributed by atoms with E-state index in [9.17, 15) is 4.79 Å². The zero-order valence-electron chi connectivity index (χ0n) is 12.8. The largest absolute Gasteiger partial charge is 0.423 e. The first kappa shape index (κ1) is 16.9. The van der Waals surface area contributed by atoms with Crippen LogP contribution in [0.15, 0.2) is 59.0 Å². The number of esters is 1.